The smallest absolute Gasteiger partial charge is 0.355 e. The third kappa shape index (κ3) is 20.2. The first kappa shape index (κ1) is 39.6. The molecule has 0 spiro atoms. The lowest BCUT2D eigenvalue weighted by molar-refractivity contribution is -0.182. The second kappa shape index (κ2) is 23.1. The predicted octanol–water partition coefficient (Wildman–Crippen LogP) is 4.39. The number of hydrogen-bond donors (Lipinski definition) is 3. The molecule has 0 aliphatic carbocycles. The maximum atomic E-state index is 12.6. The van der Waals surface area contributed by atoms with Gasteiger partial charge in [-0.2, -0.15) is 0 Å². The zero-order chi connectivity index (χ0) is 32.7. The van der Waals surface area contributed by atoms with Crippen LogP contribution in [0.1, 0.15) is 136 Å². The number of carbonyl (C=O) groups is 7. The van der Waals surface area contributed by atoms with Gasteiger partial charge in [0.25, 0.3) is 0 Å². The van der Waals surface area contributed by atoms with E-state index in [1.807, 2.05) is 0 Å². The second-order valence-electron chi connectivity index (χ2n) is 10.6. The fourth-order valence-corrected chi connectivity index (χ4v) is 4.13. The summed E-state index contributed by atoms with van der Waals surface area (Å²) in [4.78, 5) is 83.9. The van der Waals surface area contributed by atoms with Crippen molar-refractivity contribution in [3.05, 3.63) is 0 Å². The molecule has 0 aliphatic rings. The number of carboxylic acid groups (broad SMARTS) is 2. The number of aliphatic carboxylic acids is 2. The Labute approximate surface area is 252 Å². The molecule has 13 nitrogen and oxygen atoms in total. The van der Waals surface area contributed by atoms with Crippen LogP contribution in [0.5, 0.6) is 0 Å². The Kier molecular flexibility index (Phi) is 21.3. The van der Waals surface area contributed by atoms with E-state index in [0.29, 0.717) is 12.8 Å². The third-order valence-electron chi connectivity index (χ3n) is 6.58. The molecule has 43 heavy (non-hydrogen) atoms. The lowest BCUT2D eigenvalue weighted by Crippen LogP contribution is -2.44. The van der Waals surface area contributed by atoms with Gasteiger partial charge in [0.2, 0.25) is 6.10 Å². The zero-order valence-electron chi connectivity index (χ0n) is 25.4. The molecule has 0 aliphatic heterocycles. The molecule has 0 saturated carbocycles. The molecule has 0 aromatic rings. The van der Waals surface area contributed by atoms with E-state index in [0.717, 1.165) is 77.0 Å². The van der Waals surface area contributed by atoms with Gasteiger partial charge in [-0.15, -0.1) is 0 Å². The topological polar surface area (TPSA) is 208 Å². The molecule has 13 heteroatoms. The van der Waals surface area contributed by atoms with Crippen molar-refractivity contribution in [1.82, 2.24) is 0 Å². The third-order valence-corrected chi connectivity index (χ3v) is 6.58. The maximum Gasteiger partial charge on any atom is 0.355 e. The van der Waals surface area contributed by atoms with Crippen LogP contribution in [0.15, 0.2) is 0 Å². The van der Waals surface area contributed by atoms with Crippen LogP contribution in [0.3, 0.4) is 0 Å². The first-order valence-corrected chi connectivity index (χ1v) is 15.2. The van der Waals surface area contributed by atoms with Crippen molar-refractivity contribution >= 4 is 41.8 Å². The molecule has 0 rings (SSSR count). The summed E-state index contributed by atoms with van der Waals surface area (Å²) in [5, 5.41) is 28.1. The molecule has 0 amide bonds. The number of ether oxygens (including phenoxy) is 3. The highest BCUT2D eigenvalue weighted by atomic mass is 16.6. The van der Waals surface area contributed by atoms with Gasteiger partial charge in [-0.05, 0) is 12.8 Å². The molecule has 2 atom stereocenters. The van der Waals surface area contributed by atoms with Crippen LogP contribution in [0, 0.1) is 0 Å². The Bertz CT molecular complexity index is 914. The van der Waals surface area contributed by atoms with Crippen LogP contribution in [-0.2, 0) is 47.8 Å². The largest absolute Gasteiger partial charge is 0.481 e. The van der Waals surface area contributed by atoms with E-state index in [1.54, 1.807) is 0 Å². The molecule has 0 radical (unpaired) electrons. The SMILES string of the molecule is CCCCCCCCCC(=O)OC(=O)CC(OC(=O)CC(O)(CC(=O)O)C(=O)O)C(=O)OC(=O)CCCCCCCCC. The number of carboxylic acids is 2. The zero-order valence-corrected chi connectivity index (χ0v) is 25.4. The van der Waals surface area contributed by atoms with Crippen molar-refractivity contribution in [1.29, 1.82) is 0 Å². The van der Waals surface area contributed by atoms with Gasteiger partial charge in [-0.1, -0.05) is 90.9 Å². The Hall–Kier alpha value is -3.35. The van der Waals surface area contributed by atoms with Gasteiger partial charge >= 0.3 is 41.8 Å². The van der Waals surface area contributed by atoms with E-state index in [9.17, 15) is 43.8 Å². The van der Waals surface area contributed by atoms with E-state index in [1.165, 1.54) is 0 Å². The van der Waals surface area contributed by atoms with Crippen LogP contribution in [0.2, 0.25) is 0 Å². The van der Waals surface area contributed by atoms with Gasteiger partial charge in [-0.3, -0.25) is 24.0 Å². The summed E-state index contributed by atoms with van der Waals surface area (Å²) in [6.45, 7) is 4.19. The summed E-state index contributed by atoms with van der Waals surface area (Å²) in [5.74, 6) is -9.87. The number of hydrogen-bond acceptors (Lipinski definition) is 11. The highest BCUT2D eigenvalue weighted by Gasteiger charge is 2.43. The molecule has 0 fully saturated rings. The lowest BCUT2D eigenvalue weighted by atomic mass is 9.96. The minimum atomic E-state index is -3.07. The van der Waals surface area contributed by atoms with Gasteiger partial charge in [0.15, 0.2) is 5.60 Å². The normalized spacial score (nSPS) is 12.9. The lowest BCUT2D eigenvalue weighted by Gasteiger charge is -2.22. The Balaban J connectivity index is 5.15. The first-order chi connectivity index (χ1) is 20.3. The summed E-state index contributed by atoms with van der Waals surface area (Å²) in [7, 11) is 0. The highest BCUT2D eigenvalue weighted by molar-refractivity contribution is 5.94. The van der Waals surface area contributed by atoms with E-state index in [-0.39, 0.29) is 12.8 Å². The van der Waals surface area contributed by atoms with Gasteiger partial charge < -0.3 is 29.5 Å². The van der Waals surface area contributed by atoms with Gasteiger partial charge in [0.05, 0.1) is 19.3 Å². The molecular formula is C30H48O13. The van der Waals surface area contributed by atoms with Crippen LogP contribution >= 0.6 is 0 Å². The van der Waals surface area contributed by atoms with E-state index >= 15 is 0 Å². The molecule has 0 heterocycles. The summed E-state index contributed by atoms with van der Waals surface area (Å²) >= 11 is 0. The van der Waals surface area contributed by atoms with Crippen molar-refractivity contribution in [2.45, 2.75) is 148 Å². The van der Waals surface area contributed by atoms with Gasteiger partial charge in [0, 0.05) is 12.8 Å². The van der Waals surface area contributed by atoms with Gasteiger partial charge in [-0.25, -0.2) is 9.59 Å². The number of rotatable bonds is 25. The standard InChI is InChI=1S/C30H48O13/c1-3-5-7-9-11-13-15-17-24(33)42-26(35)19-22(41-27(36)21-30(40,29(38)39)20-23(31)32)28(37)43-25(34)18-16-14-12-10-8-6-4-2/h22,40H,3-21H2,1-2H3,(H,31,32)(H,38,39). The minimum absolute atomic E-state index is 0.0633. The van der Waals surface area contributed by atoms with E-state index in [4.69, 9.17) is 19.3 Å². The molecule has 3 N–H and O–H groups in total. The van der Waals surface area contributed by atoms with E-state index in [2.05, 4.69) is 13.8 Å². The number of unbranched alkanes of at least 4 members (excludes halogenated alkanes) is 12. The maximum absolute atomic E-state index is 12.6. The molecule has 0 aromatic heterocycles. The molecule has 246 valence electrons. The summed E-state index contributed by atoms with van der Waals surface area (Å²) in [6, 6.07) is 0. The van der Waals surface area contributed by atoms with E-state index < -0.39 is 72.8 Å². The molecule has 0 aromatic carbocycles. The van der Waals surface area contributed by atoms with Crippen LogP contribution in [0.4, 0.5) is 0 Å². The Morgan fingerprint density at radius 1 is 0.581 bits per heavy atom. The average molecular weight is 617 g/mol. The fraction of sp³-hybridized carbons (Fsp3) is 0.767. The van der Waals surface area contributed by atoms with Gasteiger partial charge in [0.1, 0.15) is 0 Å². The van der Waals surface area contributed by atoms with Crippen molar-refractivity contribution < 1.29 is 63.1 Å². The van der Waals surface area contributed by atoms with Crippen LogP contribution in [-0.4, -0.2) is 68.8 Å². The number of esters is 5. The molecule has 2 unspecified atom stereocenters. The summed E-state index contributed by atoms with van der Waals surface area (Å²) in [5.41, 5.74) is -3.07. The highest BCUT2D eigenvalue weighted by Crippen LogP contribution is 2.19. The Morgan fingerprint density at radius 3 is 1.47 bits per heavy atom. The number of carbonyl (C=O) groups excluding carboxylic acids is 5. The predicted molar refractivity (Wildman–Crippen MR) is 151 cm³/mol. The van der Waals surface area contributed by atoms with Crippen molar-refractivity contribution in [3.8, 4) is 0 Å². The van der Waals surface area contributed by atoms with Crippen LogP contribution in [0.25, 0.3) is 0 Å². The first-order valence-electron chi connectivity index (χ1n) is 15.2. The summed E-state index contributed by atoms with van der Waals surface area (Å²) < 4.78 is 14.2. The molecule has 0 saturated heterocycles. The monoisotopic (exact) mass is 616 g/mol. The van der Waals surface area contributed by atoms with Crippen molar-refractivity contribution in [2.75, 3.05) is 0 Å². The molecule has 0 bridgehead atoms. The van der Waals surface area contributed by atoms with Crippen molar-refractivity contribution in [3.63, 3.8) is 0 Å². The van der Waals surface area contributed by atoms with Crippen LogP contribution < -0.4 is 0 Å². The minimum Gasteiger partial charge on any atom is -0.481 e. The second-order valence-corrected chi connectivity index (χ2v) is 10.6. The summed E-state index contributed by atoms with van der Waals surface area (Å²) in [6.07, 6.45) is 6.73. The quantitative estimate of drug-likeness (QED) is 0.0563. The Morgan fingerprint density at radius 2 is 1.02 bits per heavy atom. The average Bonchev–Trinajstić information content (AvgIpc) is 2.90. The van der Waals surface area contributed by atoms with Crippen molar-refractivity contribution in [2.24, 2.45) is 0 Å². The number of aliphatic hydroxyl groups is 1. The fourth-order valence-electron chi connectivity index (χ4n) is 4.13. The molecular weight excluding hydrogens is 568 g/mol.